The Bertz CT molecular complexity index is 319. The predicted octanol–water partition coefficient (Wildman–Crippen LogP) is 4.06. The van der Waals surface area contributed by atoms with Crippen molar-refractivity contribution >= 4 is 47.0 Å². The fourth-order valence-electron chi connectivity index (χ4n) is 2.65. The molecule has 1 aliphatic heterocycles. The molecule has 1 aliphatic carbocycles. The predicted molar refractivity (Wildman–Crippen MR) is 80.3 cm³/mol. The fraction of sp³-hybridized carbons (Fsp3) is 0.750. The van der Waals surface area contributed by atoms with Crippen LogP contribution in [0.1, 0.15) is 51.4 Å². The minimum absolute atomic E-state index is 0.488. The molecule has 0 aromatic heterocycles. The van der Waals surface area contributed by atoms with E-state index in [-0.39, 0.29) is 0 Å². The van der Waals surface area contributed by atoms with Crippen LogP contribution in [0.3, 0.4) is 0 Å². The van der Waals surface area contributed by atoms with E-state index in [0.29, 0.717) is 16.7 Å². The van der Waals surface area contributed by atoms with Gasteiger partial charge < -0.3 is 0 Å². The van der Waals surface area contributed by atoms with Crippen LogP contribution in [0.5, 0.6) is 0 Å². The number of thiocarbonyl (C=S) groups is 1. The average molecular weight is 274 g/mol. The Balaban J connectivity index is 1.97. The van der Waals surface area contributed by atoms with E-state index in [4.69, 9.17) is 12.2 Å². The lowest BCUT2D eigenvalue weighted by atomic mass is 10.0. The normalized spacial score (nSPS) is 27.6. The van der Waals surface area contributed by atoms with E-state index in [2.05, 4.69) is 5.80 Å². The first-order valence-electron chi connectivity index (χ1n) is 6.12. The number of rotatable bonds is 4. The second kappa shape index (κ2) is 5.84. The number of carbonyl (C=O) groups excluding carboxylic acids is 1. The molecule has 4 heteroatoms. The van der Waals surface area contributed by atoms with Gasteiger partial charge in [-0.1, -0.05) is 30.9 Å². The van der Waals surface area contributed by atoms with E-state index in [1.165, 1.54) is 38.5 Å². The van der Waals surface area contributed by atoms with E-state index in [0.717, 1.165) is 6.42 Å². The molecule has 1 unspecified atom stereocenters. The summed E-state index contributed by atoms with van der Waals surface area (Å²) in [5, 5.41) is 1.69. The second-order valence-corrected chi connectivity index (χ2v) is 9.76. The molecular formula is C12H19OPS2. The van der Waals surface area contributed by atoms with Gasteiger partial charge in [-0.3, -0.25) is 4.79 Å². The second-order valence-electron chi connectivity index (χ2n) is 4.73. The monoisotopic (exact) mass is 274 g/mol. The molecule has 0 amide bonds. The van der Waals surface area contributed by atoms with Crippen LogP contribution in [-0.2, 0) is 4.79 Å². The van der Waals surface area contributed by atoms with Crippen LogP contribution in [0.2, 0.25) is 0 Å². The summed E-state index contributed by atoms with van der Waals surface area (Å²) >= 11 is 6.84. The first-order valence-corrected chi connectivity index (χ1v) is 9.71. The van der Waals surface area contributed by atoms with Gasteiger partial charge in [-0.05, 0) is 44.2 Å². The maximum atomic E-state index is 12.0. The summed E-state index contributed by atoms with van der Waals surface area (Å²) in [7, 11) is 0. The molecule has 1 heterocycles. The molecule has 90 valence electrons. The minimum atomic E-state index is -0.902. The van der Waals surface area contributed by atoms with Gasteiger partial charge in [0.2, 0.25) is 0 Å². The van der Waals surface area contributed by atoms with Gasteiger partial charge in [0.25, 0.3) is 0 Å². The average Bonchev–Trinajstić information content (AvgIpc) is 2.74. The molecule has 2 aliphatic rings. The number of carbonyl (C=O) groups is 1. The summed E-state index contributed by atoms with van der Waals surface area (Å²) in [4.78, 5) is 12.0. The van der Waals surface area contributed by atoms with Crippen LogP contribution < -0.4 is 0 Å². The van der Waals surface area contributed by atoms with Gasteiger partial charge >= 0.3 is 0 Å². The van der Waals surface area contributed by atoms with Crippen molar-refractivity contribution < 1.29 is 4.79 Å². The zero-order valence-electron chi connectivity index (χ0n) is 9.54. The standard InChI is InChI=1S/C12H19OPS2/c13-11(5-3-10-15)14-9-4-8-12(16-14)6-1-2-7-12/h9-10,14H,1-8H2. The van der Waals surface area contributed by atoms with Crippen molar-refractivity contribution in [1.29, 1.82) is 0 Å². The molecule has 0 bridgehead atoms. The first kappa shape index (κ1) is 12.9. The van der Waals surface area contributed by atoms with Crippen LogP contribution in [-0.4, -0.2) is 21.4 Å². The summed E-state index contributed by atoms with van der Waals surface area (Å²) in [5.41, 5.74) is 0.488. The highest BCUT2D eigenvalue weighted by atomic mass is 32.7. The molecule has 0 radical (unpaired) electrons. The van der Waals surface area contributed by atoms with Gasteiger partial charge in [-0.25, -0.2) is 0 Å². The zero-order valence-corrected chi connectivity index (χ0v) is 12.2. The summed E-state index contributed by atoms with van der Waals surface area (Å²) < 4.78 is 0.496. The highest BCUT2D eigenvalue weighted by Gasteiger charge is 2.37. The Hall–Kier alpha value is 0.410. The first-order chi connectivity index (χ1) is 7.76. The van der Waals surface area contributed by atoms with Crippen molar-refractivity contribution in [3.8, 4) is 0 Å². The Morgan fingerprint density at radius 2 is 2.19 bits per heavy atom. The van der Waals surface area contributed by atoms with Gasteiger partial charge in [0.1, 0.15) is 0 Å². The topological polar surface area (TPSA) is 17.1 Å². The molecule has 0 aromatic carbocycles. The number of hydrogen-bond donors (Lipinski definition) is 0. The lowest BCUT2D eigenvalue weighted by molar-refractivity contribution is -0.111. The molecule has 0 N–H and O–H groups in total. The van der Waals surface area contributed by atoms with Gasteiger partial charge in [0.15, 0.2) is 5.52 Å². The Morgan fingerprint density at radius 3 is 2.88 bits per heavy atom. The molecule has 0 saturated heterocycles. The summed E-state index contributed by atoms with van der Waals surface area (Å²) in [5.74, 6) is 2.32. The molecule has 1 nitrogen and oxygen atoms in total. The molecule has 1 atom stereocenters. The molecule has 0 aromatic rings. The van der Waals surface area contributed by atoms with Gasteiger partial charge in [-0.15, -0.1) is 11.4 Å². The molecule has 1 spiro atoms. The fourth-order valence-corrected chi connectivity index (χ4v) is 8.74. The molecule has 1 saturated carbocycles. The van der Waals surface area contributed by atoms with Crippen LogP contribution >= 0.6 is 30.3 Å². The van der Waals surface area contributed by atoms with E-state index in [1.54, 1.807) is 5.37 Å². The molecule has 16 heavy (non-hydrogen) atoms. The zero-order chi connectivity index (χ0) is 11.4. The quantitative estimate of drug-likeness (QED) is 0.568. The van der Waals surface area contributed by atoms with Crippen molar-refractivity contribution in [2.75, 3.05) is 0 Å². The van der Waals surface area contributed by atoms with E-state index in [1.807, 2.05) is 11.4 Å². The van der Waals surface area contributed by atoms with E-state index < -0.39 is 6.75 Å². The number of hydrogen-bond acceptors (Lipinski definition) is 3. The highest BCUT2D eigenvalue weighted by molar-refractivity contribution is 8.59. The summed E-state index contributed by atoms with van der Waals surface area (Å²) in [6, 6.07) is 0. The van der Waals surface area contributed by atoms with Crippen molar-refractivity contribution in [3.05, 3.63) is 0 Å². The molecular weight excluding hydrogens is 255 g/mol. The largest absolute Gasteiger partial charge is 0.294 e. The highest BCUT2D eigenvalue weighted by Crippen LogP contribution is 2.59. The SMILES string of the molecule is O=C(CCC=S)[PH]1=CCCC2(CCCC2)S1. The maximum Gasteiger partial charge on any atom is 0.160 e. The third-order valence-corrected chi connectivity index (χ3v) is 9.64. The van der Waals surface area contributed by atoms with Crippen LogP contribution in [0.4, 0.5) is 0 Å². The Morgan fingerprint density at radius 1 is 1.44 bits per heavy atom. The summed E-state index contributed by atoms with van der Waals surface area (Å²) in [6.07, 6.45) is 9.38. The molecule has 2 rings (SSSR count). The summed E-state index contributed by atoms with van der Waals surface area (Å²) in [6.45, 7) is -0.902. The van der Waals surface area contributed by atoms with Crippen LogP contribution in [0.25, 0.3) is 0 Å². The third kappa shape index (κ3) is 3.00. The lowest BCUT2D eigenvalue weighted by Crippen LogP contribution is -2.21. The van der Waals surface area contributed by atoms with Crippen molar-refractivity contribution in [1.82, 2.24) is 0 Å². The van der Waals surface area contributed by atoms with E-state index >= 15 is 0 Å². The van der Waals surface area contributed by atoms with Gasteiger partial charge in [0, 0.05) is 11.2 Å². The lowest BCUT2D eigenvalue weighted by Gasteiger charge is -2.32. The Kier molecular flexibility index (Phi) is 4.69. The van der Waals surface area contributed by atoms with E-state index in [9.17, 15) is 4.79 Å². The smallest absolute Gasteiger partial charge is 0.160 e. The van der Waals surface area contributed by atoms with Crippen molar-refractivity contribution in [2.24, 2.45) is 0 Å². The van der Waals surface area contributed by atoms with Crippen LogP contribution in [0, 0.1) is 0 Å². The van der Waals surface area contributed by atoms with Gasteiger partial charge in [-0.2, -0.15) is 0 Å². The maximum absolute atomic E-state index is 12.0. The minimum Gasteiger partial charge on any atom is -0.294 e. The third-order valence-electron chi connectivity index (χ3n) is 3.54. The van der Waals surface area contributed by atoms with Crippen molar-refractivity contribution in [3.63, 3.8) is 0 Å². The Labute approximate surface area is 108 Å². The molecule has 1 fully saturated rings. The van der Waals surface area contributed by atoms with Gasteiger partial charge in [0.05, 0.1) is 0 Å². The van der Waals surface area contributed by atoms with Crippen LogP contribution in [0.15, 0.2) is 0 Å². The van der Waals surface area contributed by atoms with Crippen molar-refractivity contribution in [2.45, 2.75) is 56.1 Å².